The zero-order valence-corrected chi connectivity index (χ0v) is 7.93. The second-order valence-electron chi connectivity index (χ2n) is 4.43. The zero-order valence-electron chi connectivity index (χ0n) is 7.93. The second-order valence-corrected chi connectivity index (χ2v) is 4.43. The molecule has 2 aliphatic rings. The van der Waals surface area contributed by atoms with E-state index in [2.05, 4.69) is 37.5 Å². The molecule has 12 heavy (non-hydrogen) atoms. The maximum atomic E-state index is 3.11. The average Bonchev–Trinajstić information content (AvgIpc) is 2.41. The molecule has 0 aliphatic heterocycles. The van der Waals surface area contributed by atoms with Crippen LogP contribution in [0.2, 0.25) is 0 Å². The van der Waals surface area contributed by atoms with Gasteiger partial charge in [-0.2, -0.15) is 0 Å². The van der Waals surface area contributed by atoms with Crippen LogP contribution in [0.1, 0.15) is 33.1 Å². The highest BCUT2D eigenvalue weighted by Crippen LogP contribution is 2.49. The third kappa shape index (κ3) is 1.08. The van der Waals surface area contributed by atoms with Crippen molar-refractivity contribution in [2.75, 3.05) is 0 Å². The molecule has 1 saturated carbocycles. The molecular weight excluding hydrogens is 144 g/mol. The molecule has 0 aromatic heterocycles. The van der Waals surface area contributed by atoms with Crippen molar-refractivity contribution in [3.05, 3.63) is 23.6 Å². The van der Waals surface area contributed by atoms with E-state index in [0.29, 0.717) is 5.41 Å². The van der Waals surface area contributed by atoms with Crippen LogP contribution in [0.5, 0.6) is 0 Å². The largest absolute Gasteiger partial charge is 0.0746 e. The van der Waals surface area contributed by atoms with Crippen molar-refractivity contribution in [3.63, 3.8) is 0 Å². The number of rotatable bonds is 1. The normalized spacial score (nSPS) is 43.5. The maximum Gasteiger partial charge on any atom is 0.000742 e. The lowest BCUT2D eigenvalue weighted by molar-refractivity contribution is 0.355. The molecule has 0 spiro atoms. The Morgan fingerprint density at radius 3 is 3.00 bits per heavy atom. The monoisotopic (exact) mass is 160 g/mol. The van der Waals surface area contributed by atoms with E-state index in [-0.39, 0.29) is 0 Å². The van der Waals surface area contributed by atoms with Crippen molar-refractivity contribution in [2.45, 2.75) is 33.1 Å². The van der Waals surface area contributed by atoms with Crippen LogP contribution in [0.3, 0.4) is 0 Å². The quantitative estimate of drug-likeness (QED) is 0.516. The third-order valence-electron chi connectivity index (χ3n) is 3.51. The molecule has 0 heteroatoms. The summed E-state index contributed by atoms with van der Waals surface area (Å²) in [5, 5.41) is 0. The Hall–Kier alpha value is -0.700. The number of fused-ring (bicyclic) bond motifs is 1. The van der Waals surface area contributed by atoms with Crippen molar-refractivity contribution < 1.29 is 0 Å². The molecule has 0 heterocycles. The van der Waals surface area contributed by atoms with Gasteiger partial charge in [-0.15, -0.1) is 0 Å². The summed E-state index contributed by atoms with van der Waals surface area (Å²) in [6.07, 6.45) is 8.48. The van der Waals surface area contributed by atoms with E-state index >= 15 is 0 Å². The van der Waals surface area contributed by atoms with Gasteiger partial charge in [-0.1, -0.05) is 31.7 Å². The lowest BCUT2D eigenvalue weighted by Crippen LogP contribution is -2.17. The van der Waals surface area contributed by atoms with Gasteiger partial charge in [0.15, 0.2) is 0 Å². The van der Waals surface area contributed by atoms with E-state index in [1.807, 2.05) is 0 Å². The highest BCUT2D eigenvalue weighted by molar-refractivity contribution is 5.14. The van der Waals surface area contributed by atoms with Gasteiger partial charge in [-0.25, -0.2) is 0 Å². The SMILES string of the molecule is CCC1CC2C=C=C=CC2(C)C1. The van der Waals surface area contributed by atoms with E-state index in [9.17, 15) is 0 Å². The van der Waals surface area contributed by atoms with Crippen molar-refractivity contribution in [3.8, 4) is 0 Å². The molecule has 3 atom stereocenters. The van der Waals surface area contributed by atoms with Crippen molar-refractivity contribution in [1.82, 2.24) is 0 Å². The molecule has 0 aromatic rings. The summed E-state index contributed by atoms with van der Waals surface area (Å²) in [5.74, 6) is 1.66. The number of allylic oxidation sites excluding steroid dienone is 2. The van der Waals surface area contributed by atoms with Crippen LogP contribution in [0.25, 0.3) is 0 Å². The molecule has 2 rings (SSSR count). The molecule has 0 radical (unpaired) electrons. The fourth-order valence-electron chi connectivity index (χ4n) is 2.58. The van der Waals surface area contributed by atoms with Gasteiger partial charge in [0.2, 0.25) is 0 Å². The average molecular weight is 160 g/mol. The molecule has 0 aromatic carbocycles. The lowest BCUT2D eigenvalue weighted by Gasteiger charge is -2.25. The Labute approximate surface area is 74.7 Å². The zero-order chi connectivity index (χ0) is 8.60. The molecule has 0 N–H and O–H groups in total. The van der Waals surface area contributed by atoms with Crippen molar-refractivity contribution >= 4 is 0 Å². The van der Waals surface area contributed by atoms with Gasteiger partial charge in [0.25, 0.3) is 0 Å². The van der Waals surface area contributed by atoms with Crippen LogP contribution in [0, 0.1) is 17.3 Å². The fourth-order valence-corrected chi connectivity index (χ4v) is 2.58. The summed E-state index contributed by atoms with van der Waals surface area (Å²) in [4.78, 5) is 0. The molecule has 64 valence electrons. The van der Waals surface area contributed by atoms with Crippen LogP contribution in [-0.2, 0) is 0 Å². The van der Waals surface area contributed by atoms with Gasteiger partial charge in [0, 0.05) is 5.41 Å². The summed E-state index contributed by atoms with van der Waals surface area (Å²) in [6.45, 7) is 4.66. The Kier molecular flexibility index (Phi) is 1.76. The summed E-state index contributed by atoms with van der Waals surface area (Å²) in [5.41, 5.74) is 6.61. The van der Waals surface area contributed by atoms with E-state index in [4.69, 9.17) is 0 Å². The van der Waals surface area contributed by atoms with Crippen molar-refractivity contribution in [1.29, 1.82) is 0 Å². The predicted octanol–water partition coefficient (Wildman–Crippen LogP) is 3.31. The summed E-state index contributed by atoms with van der Waals surface area (Å²) in [7, 11) is 0. The number of hydrogen-bond acceptors (Lipinski definition) is 0. The Morgan fingerprint density at radius 1 is 1.50 bits per heavy atom. The Bertz CT molecular complexity index is 274. The van der Waals surface area contributed by atoms with Gasteiger partial charge >= 0.3 is 0 Å². The minimum atomic E-state index is 0.409. The molecule has 3 unspecified atom stereocenters. The fraction of sp³-hybridized carbons (Fsp3) is 0.667. The Balaban J connectivity index is 2.25. The van der Waals surface area contributed by atoms with E-state index < -0.39 is 0 Å². The smallest absolute Gasteiger partial charge is 0.000742 e. The number of hydrogen-bond donors (Lipinski definition) is 0. The molecule has 0 saturated heterocycles. The van der Waals surface area contributed by atoms with Crippen molar-refractivity contribution in [2.24, 2.45) is 17.3 Å². The Morgan fingerprint density at radius 2 is 2.33 bits per heavy atom. The maximum absolute atomic E-state index is 3.11. The van der Waals surface area contributed by atoms with Crippen LogP contribution < -0.4 is 0 Å². The van der Waals surface area contributed by atoms with Crippen LogP contribution in [-0.4, -0.2) is 0 Å². The van der Waals surface area contributed by atoms with Crippen LogP contribution in [0.15, 0.2) is 23.6 Å². The first kappa shape index (κ1) is 7.92. The molecular formula is C12H16. The topological polar surface area (TPSA) is 0 Å². The summed E-state index contributed by atoms with van der Waals surface area (Å²) < 4.78 is 0. The minimum absolute atomic E-state index is 0.409. The molecule has 1 fully saturated rings. The first-order chi connectivity index (χ1) is 5.74. The minimum Gasteiger partial charge on any atom is -0.0746 e. The predicted molar refractivity (Wildman–Crippen MR) is 50.8 cm³/mol. The molecule has 2 aliphatic carbocycles. The third-order valence-corrected chi connectivity index (χ3v) is 3.51. The van der Waals surface area contributed by atoms with Gasteiger partial charge in [0.1, 0.15) is 0 Å². The highest BCUT2D eigenvalue weighted by atomic mass is 14.4. The molecule has 0 bridgehead atoms. The van der Waals surface area contributed by atoms with Gasteiger partial charge in [-0.3, -0.25) is 0 Å². The van der Waals surface area contributed by atoms with E-state index in [1.165, 1.54) is 19.3 Å². The highest BCUT2D eigenvalue weighted by Gasteiger charge is 2.40. The van der Waals surface area contributed by atoms with Crippen LogP contribution >= 0.6 is 0 Å². The second kappa shape index (κ2) is 2.66. The molecule has 0 nitrogen and oxygen atoms in total. The van der Waals surface area contributed by atoms with Gasteiger partial charge in [0.05, 0.1) is 0 Å². The van der Waals surface area contributed by atoms with E-state index in [0.717, 1.165) is 11.8 Å². The standard InChI is InChI=1S/C12H16/c1-3-10-8-11-6-4-5-7-12(11,2)9-10/h6-7,10-11H,3,8-9H2,1-2H3. The lowest BCUT2D eigenvalue weighted by atomic mass is 9.78. The van der Waals surface area contributed by atoms with Gasteiger partial charge < -0.3 is 0 Å². The summed E-state index contributed by atoms with van der Waals surface area (Å²) >= 11 is 0. The van der Waals surface area contributed by atoms with Gasteiger partial charge in [-0.05, 0) is 36.8 Å². The van der Waals surface area contributed by atoms with Crippen LogP contribution in [0.4, 0.5) is 0 Å². The summed E-state index contributed by atoms with van der Waals surface area (Å²) in [6, 6.07) is 0. The molecule has 0 amide bonds. The first-order valence-corrected chi connectivity index (χ1v) is 4.93. The van der Waals surface area contributed by atoms with E-state index in [1.54, 1.807) is 0 Å². The first-order valence-electron chi connectivity index (χ1n) is 4.93.